The molecule has 1 aliphatic rings. The summed E-state index contributed by atoms with van der Waals surface area (Å²) in [5.41, 5.74) is 0.724. The SMILES string of the molecule is O=C(Nc1ccc(Oc2ncccn2)cc1)[C@@H]1CCCN1c1nccs1. The number of carbonyl (C=O) groups excluding carboxylic acids is 1. The molecule has 0 aliphatic carbocycles. The first-order chi connectivity index (χ1) is 12.8. The Morgan fingerprint density at radius 3 is 2.69 bits per heavy atom. The van der Waals surface area contributed by atoms with E-state index in [0.29, 0.717) is 5.75 Å². The highest BCUT2D eigenvalue weighted by Gasteiger charge is 2.32. The smallest absolute Gasteiger partial charge is 0.321 e. The largest absolute Gasteiger partial charge is 0.424 e. The number of thiazole rings is 1. The minimum Gasteiger partial charge on any atom is -0.424 e. The van der Waals surface area contributed by atoms with E-state index in [1.165, 1.54) is 0 Å². The van der Waals surface area contributed by atoms with Gasteiger partial charge in [0.25, 0.3) is 0 Å². The molecule has 1 amide bonds. The summed E-state index contributed by atoms with van der Waals surface area (Å²) in [5.74, 6) is 0.595. The molecule has 0 unspecified atom stereocenters. The molecular weight excluding hydrogens is 350 g/mol. The minimum absolute atomic E-state index is 0.0160. The number of benzene rings is 1. The number of rotatable bonds is 5. The van der Waals surface area contributed by atoms with Gasteiger partial charge in [-0.3, -0.25) is 4.79 Å². The predicted octanol–water partition coefficient (Wildman–Crippen LogP) is 3.33. The Morgan fingerprint density at radius 1 is 1.15 bits per heavy atom. The fourth-order valence-electron chi connectivity index (χ4n) is 2.90. The van der Waals surface area contributed by atoms with Crippen molar-refractivity contribution in [2.75, 3.05) is 16.8 Å². The molecule has 3 heterocycles. The second-order valence-electron chi connectivity index (χ2n) is 5.81. The molecule has 0 bridgehead atoms. The number of hydrogen-bond acceptors (Lipinski definition) is 7. The van der Waals surface area contributed by atoms with Crippen LogP contribution in [0.3, 0.4) is 0 Å². The number of hydrogen-bond donors (Lipinski definition) is 1. The summed E-state index contributed by atoms with van der Waals surface area (Å²) >= 11 is 1.56. The van der Waals surface area contributed by atoms with Crippen LogP contribution in [0.15, 0.2) is 54.3 Å². The molecule has 1 saturated heterocycles. The second kappa shape index (κ2) is 7.49. The average molecular weight is 367 g/mol. The zero-order valence-corrected chi connectivity index (χ0v) is 14.7. The third-order valence-corrected chi connectivity index (χ3v) is 4.90. The summed E-state index contributed by atoms with van der Waals surface area (Å²) < 4.78 is 5.55. The fourth-order valence-corrected chi connectivity index (χ4v) is 3.62. The van der Waals surface area contributed by atoms with Gasteiger partial charge in [-0.15, -0.1) is 11.3 Å². The number of nitrogens with one attached hydrogen (secondary N) is 1. The summed E-state index contributed by atoms with van der Waals surface area (Å²) in [5, 5.41) is 5.80. The molecule has 1 N–H and O–H groups in total. The normalized spacial score (nSPS) is 16.5. The van der Waals surface area contributed by atoms with Crippen LogP contribution in [-0.4, -0.2) is 33.4 Å². The third-order valence-electron chi connectivity index (χ3n) is 4.09. The van der Waals surface area contributed by atoms with Gasteiger partial charge in [-0.2, -0.15) is 0 Å². The van der Waals surface area contributed by atoms with Crippen molar-refractivity contribution >= 4 is 28.1 Å². The van der Waals surface area contributed by atoms with Gasteiger partial charge in [0.1, 0.15) is 11.8 Å². The Morgan fingerprint density at radius 2 is 1.96 bits per heavy atom. The molecule has 1 fully saturated rings. The third kappa shape index (κ3) is 3.65. The number of aromatic nitrogens is 3. The molecule has 3 aromatic rings. The van der Waals surface area contributed by atoms with E-state index in [0.717, 1.165) is 30.2 Å². The molecule has 0 radical (unpaired) electrons. The van der Waals surface area contributed by atoms with Crippen molar-refractivity contribution in [2.45, 2.75) is 18.9 Å². The van der Waals surface area contributed by atoms with Crippen LogP contribution in [0.1, 0.15) is 12.8 Å². The lowest BCUT2D eigenvalue weighted by molar-refractivity contribution is -0.117. The van der Waals surface area contributed by atoms with E-state index >= 15 is 0 Å². The van der Waals surface area contributed by atoms with Crippen molar-refractivity contribution in [3.05, 3.63) is 54.3 Å². The van der Waals surface area contributed by atoms with Crippen molar-refractivity contribution in [2.24, 2.45) is 0 Å². The monoisotopic (exact) mass is 367 g/mol. The summed E-state index contributed by atoms with van der Waals surface area (Å²) in [6.07, 6.45) is 6.82. The van der Waals surface area contributed by atoms with E-state index in [9.17, 15) is 4.79 Å². The van der Waals surface area contributed by atoms with Gasteiger partial charge in [0.15, 0.2) is 5.13 Å². The van der Waals surface area contributed by atoms with Crippen LogP contribution in [-0.2, 0) is 4.79 Å². The Bertz CT molecular complexity index is 855. The van der Waals surface area contributed by atoms with Gasteiger partial charge in [-0.1, -0.05) is 0 Å². The van der Waals surface area contributed by atoms with Gasteiger partial charge in [-0.25, -0.2) is 15.0 Å². The summed E-state index contributed by atoms with van der Waals surface area (Å²) in [6, 6.07) is 8.99. The molecular formula is C18H17N5O2S. The van der Waals surface area contributed by atoms with Crippen molar-refractivity contribution in [3.63, 3.8) is 0 Å². The van der Waals surface area contributed by atoms with Gasteiger partial charge < -0.3 is 15.0 Å². The van der Waals surface area contributed by atoms with Crippen LogP contribution in [0.4, 0.5) is 10.8 Å². The van der Waals surface area contributed by atoms with Gasteiger partial charge in [0.2, 0.25) is 5.91 Å². The quantitative estimate of drug-likeness (QED) is 0.745. The number of anilines is 2. The lowest BCUT2D eigenvalue weighted by Crippen LogP contribution is -2.39. The molecule has 0 spiro atoms. The molecule has 1 atom stereocenters. The van der Waals surface area contributed by atoms with Crippen molar-refractivity contribution in [3.8, 4) is 11.8 Å². The van der Waals surface area contributed by atoms with E-state index in [-0.39, 0.29) is 18.0 Å². The molecule has 1 aliphatic heterocycles. The van der Waals surface area contributed by atoms with E-state index in [4.69, 9.17) is 4.74 Å². The van der Waals surface area contributed by atoms with Gasteiger partial charge in [-0.05, 0) is 43.2 Å². The Hall–Kier alpha value is -3.00. The van der Waals surface area contributed by atoms with E-state index < -0.39 is 0 Å². The van der Waals surface area contributed by atoms with E-state index in [2.05, 4.69) is 25.2 Å². The van der Waals surface area contributed by atoms with E-state index in [1.54, 1.807) is 60.3 Å². The zero-order valence-electron chi connectivity index (χ0n) is 13.9. The van der Waals surface area contributed by atoms with Crippen LogP contribution in [0.25, 0.3) is 0 Å². The van der Waals surface area contributed by atoms with Crippen LogP contribution in [0, 0.1) is 0 Å². The maximum atomic E-state index is 12.7. The van der Waals surface area contributed by atoms with Gasteiger partial charge in [0.05, 0.1) is 0 Å². The first-order valence-electron chi connectivity index (χ1n) is 8.31. The first-order valence-corrected chi connectivity index (χ1v) is 9.19. The van der Waals surface area contributed by atoms with Gasteiger partial charge in [0, 0.05) is 36.2 Å². The number of nitrogens with zero attached hydrogens (tertiary/aromatic N) is 4. The second-order valence-corrected chi connectivity index (χ2v) is 6.69. The highest BCUT2D eigenvalue weighted by molar-refractivity contribution is 7.13. The van der Waals surface area contributed by atoms with Crippen molar-refractivity contribution < 1.29 is 9.53 Å². The van der Waals surface area contributed by atoms with E-state index in [1.807, 2.05) is 5.38 Å². The topological polar surface area (TPSA) is 80.2 Å². The predicted molar refractivity (Wildman–Crippen MR) is 99.7 cm³/mol. The molecule has 7 nitrogen and oxygen atoms in total. The van der Waals surface area contributed by atoms with Crippen LogP contribution < -0.4 is 15.0 Å². The summed E-state index contributed by atoms with van der Waals surface area (Å²) in [7, 11) is 0. The standard InChI is InChI=1S/C18H17N5O2S/c24-16(15-3-1-11-23(15)18-21-10-12-26-18)22-13-4-6-14(7-5-13)25-17-19-8-2-9-20-17/h2,4-10,12,15H,1,3,11H2,(H,22,24)/t15-/m0/s1. The number of carbonyl (C=O) groups is 1. The highest BCUT2D eigenvalue weighted by atomic mass is 32.1. The maximum Gasteiger partial charge on any atom is 0.321 e. The molecule has 2 aromatic heterocycles. The average Bonchev–Trinajstić information content (AvgIpc) is 3.35. The molecule has 4 rings (SSSR count). The number of amides is 1. The first kappa shape index (κ1) is 16.5. The minimum atomic E-state index is -0.185. The zero-order chi connectivity index (χ0) is 17.8. The molecule has 8 heteroatoms. The van der Waals surface area contributed by atoms with Gasteiger partial charge >= 0.3 is 6.01 Å². The van der Waals surface area contributed by atoms with Crippen LogP contribution >= 0.6 is 11.3 Å². The van der Waals surface area contributed by atoms with Crippen molar-refractivity contribution in [1.82, 2.24) is 15.0 Å². The summed E-state index contributed by atoms with van der Waals surface area (Å²) in [4.78, 5) is 27.1. The lowest BCUT2D eigenvalue weighted by atomic mass is 10.2. The maximum absolute atomic E-state index is 12.7. The Balaban J connectivity index is 1.40. The molecule has 0 saturated carbocycles. The highest BCUT2D eigenvalue weighted by Crippen LogP contribution is 2.28. The fraction of sp³-hybridized carbons (Fsp3) is 0.222. The molecule has 26 heavy (non-hydrogen) atoms. The Kier molecular flexibility index (Phi) is 4.74. The molecule has 132 valence electrons. The van der Waals surface area contributed by atoms with Crippen LogP contribution in [0.2, 0.25) is 0 Å². The lowest BCUT2D eigenvalue weighted by Gasteiger charge is -2.23. The number of ether oxygens (including phenoxy) is 1. The molecule has 1 aromatic carbocycles. The Labute approximate surface area is 154 Å². The van der Waals surface area contributed by atoms with Crippen molar-refractivity contribution in [1.29, 1.82) is 0 Å². The van der Waals surface area contributed by atoms with Crippen LogP contribution in [0.5, 0.6) is 11.8 Å². The summed E-state index contributed by atoms with van der Waals surface area (Å²) in [6.45, 7) is 0.857.